The van der Waals surface area contributed by atoms with Gasteiger partial charge in [0.1, 0.15) is 29.2 Å². The number of nitrogens with zero attached hydrogens (tertiary/aromatic N) is 5. The van der Waals surface area contributed by atoms with Gasteiger partial charge in [0.05, 0.1) is 11.9 Å². The summed E-state index contributed by atoms with van der Waals surface area (Å²) in [6, 6.07) is 11.9. The van der Waals surface area contributed by atoms with Crippen molar-refractivity contribution in [1.82, 2.24) is 9.88 Å². The van der Waals surface area contributed by atoms with E-state index in [2.05, 4.69) is 36.7 Å². The third-order valence-corrected chi connectivity index (χ3v) is 8.50. The molecule has 1 aliphatic carbocycles. The smallest absolute Gasteiger partial charge is 0.259 e. The number of likely N-dealkylation sites (tertiary alicyclic amines) is 1. The number of nitriles is 1. The van der Waals surface area contributed by atoms with Crippen molar-refractivity contribution in [3.63, 3.8) is 0 Å². The van der Waals surface area contributed by atoms with Crippen molar-refractivity contribution in [2.24, 2.45) is 5.41 Å². The zero-order chi connectivity index (χ0) is 27.1. The molecule has 38 heavy (non-hydrogen) atoms. The van der Waals surface area contributed by atoms with Crippen molar-refractivity contribution in [2.45, 2.75) is 77.9 Å². The van der Waals surface area contributed by atoms with Gasteiger partial charge in [-0.2, -0.15) is 5.26 Å². The molecule has 2 saturated heterocycles. The van der Waals surface area contributed by atoms with Gasteiger partial charge in [-0.25, -0.2) is 4.98 Å². The summed E-state index contributed by atoms with van der Waals surface area (Å²) in [5.74, 6) is 0.836. The summed E-state index contributed by atoms with van der Waals surface area (Å²) in [7, 11) is 0. The minimum Gasteiger partial charge on any atom is -0.490 e. The number of hydrogen-bond acceptors (Lipinski definition) is 6. The van der Waals surface area contributed by atoms with Crippen LogP contribution in [0.2, 0.25) is 0 Å². The van der Waals surface area contributed by atoms with Crippen LogP contribution in [-0.4, -0.2) is 52.2 Å². The summed E-state index contributed by atoms with van der Waals surface area (Å²) in [6.07, 6.45) is 7.58. The zero-order valence-electron chi connectivity index (χ0n) is 22.9. The van der Waals surface area contributed by atoms with Gasteiger partial charge in [0, 0.05) is 18.8 Å². The summed E-state index contributed by atoms with van der Waals surface area (Å²) in [6.45, 7) is 12.0. The fraction of sp³-hybridized carbons (Fsp3) is 0.533. The third kappa shape index (κ3) is 5.02. The summed E-state index contributed by atoms with van der Waals surface area (Å²) in [4.78, 5) is 24.1. The molecule has 0 unspecified atom stereocenters. The molecule has 3 fully saturated rings. The Bertz CT molecular complexity index is 1250. The second kappa shape index (κ2) is 10.3. The minimum atomic E-state index is -0.652. The van der Waals surface area contributed by atoms with Crippen LogP contribution in [0.25, 0.3) is 0 Å². The average molecular weight is 532 g/mol. The zero-order valence-corrected chi connectivity index (χ0v) is 23.7. The van der Waals surface area contributed by atoms with Crippen LogP contribution in [-0.2, 0) is 4.79 Å². The molecule has 1 spiro atoms. The Morgan fingerprint density at radius 1 is 1.16 bits per heavy atom. The lowest BCUT2D eigenvalue weighted by Crippen LogP contribution is -2.55. The molecule has 3 heterocycles. The van der Waals surface area contributed by atoms with E-state index in [1.54, 1.807) is 11.1 Å². The van der Waals surface area contributed by atoms with Crippen molar-refractivity contribution >= 4 is 34.6 Å². The third-order valence-electron chi connectivity index (χ3n) is 8.13. The van der Waals surface area contributed by atoms with Gasteiger partial charge in [-0.15, -0.1) is 0 Å². The highest BCUT2D eigenvalue weighted by atomic mass is 32.1. The normalized spacial score (nSPS) is 20.1. The summed E-state index contributed by atoms with van der Waals surface area (Å²) in [5, 5.41) is 9.70. The molecule has 0 bridgehead atoms. The number of carbonyl (C=O) groups is 1. The number of ether oxygens (including phenoxy) is 1. The largest absolute Gasteiger partial charge is 0.490 e. The second-order valence-corrected chi connectivity index (χ2v) is 12.4. The molecule has 1 amide bonds. The van der Waals surface area contributed by atoms with E-state index < -0.39 is 5.54 Å². The number of aryl methyl sites for hydroxylation is 1. The highest BCUT2D eigenvalue weighted by molar-refractivity contribution is 7.81. The molecule has 0 atom stereocenters. The maximum absolute atomic E-state index is 13.7. The molecule has 2 aromatic rings. The monoisotopic (exact) mass is 531 g/mol. The number of benzene rings is 1. The molecule has 8 heteroatoms. The Balaban J connectivity index is 1.27. The molecule has 200 valence electrons. The van der Waals surface area contributed by atoms with E-state index in [4.69, 9.17) is 17.0 Å². The number of amides is 1. The molecule has 7 nitrogen and oxygen atoms in total. The van der Waals surface area contributed by atoms with Crippen LogP contribution in [0.1, 0.15) is 70.6 Å². The lowest BCUT2D eigenvalue weighted by molar-refractivity contribution is -0.123. The van der Waals surface area contributed by atoms with Crippen LogP contribution in [0, 0.1) is 23.7 Å². The van der Waals surface area contributed by atoms with Crippen molar-refractivity contribution in [2.75, 3.05) is 29.4 Å². The summed E-state index contributed by atoms with van der Waals surface area (Å²) in [5.41, 5.74) is 2.30. The Hall–Kier alpha value is -3.02. The highest BCUT2D eigenvalue weighted by Crippen LogP contribution is 2.48. The van der Waals surface area contributed by atoms with E-state index in [1.807, 2.05) is 42.2 Å². The van der Waals surface area contributed by atoms with Gasteiger partial charge >= 0.3 is 0 Å². The molecule has 1 aromatic heterocycles. The first-order valence-corrected chi connectivity index (χ1v) is 14.1. The first-order chi connectivity index (χ1) is 18.1. The van der Waals surface area contributed by atoms with Gasteiger partial charge in [0.2, 0.25) is 0 Å². The molecular weight excluding hydrogens is 494 g/mol. The molecule has 1 aromatic carbocycles. The van der Waals surface area contributed by atoms with E-state index in [1.165, 1.54) is 6.42 Å². The Labute approximate surface area is 231 Å². The Kier molecular flexibility index (Phi) is 7.19. The number of anilines is 2. The number of pyridine rings is 1. The predicted molar refractivity (Wildman–Crippen MR) is 153 cm³/mol. The Morgan fingerprint density at radius 3 is 2.39 bits per heavy atom. The summed E-state index contributed by atoms with van der Waals surface area (Å²) < 4.78 is 6.34. The molecular formula is C30H37N5O2S. The number of piperidine rings is 1. The predicted octanol–water partition coefficient (Wildman–Crippen LogP) is 5.60. The van der Waals surface area contributed by atoms with Crippen molar-refractivity contribution in [3.05, 3.63) is 47.8 Å². The van der Waals surface area contributed by atoms with Gasteiger partial charge in [-0.3, -0.25) is 9.69 Å². The number of carbonyl (C=O) groups excluding carboxylic acids is 1. The van der Waals surface area contributed by atoms with Crippen LogP contribution < -0.4 is 14.5 Å². The molecule has 2 aliphatic heterocycles. The van der Waals surface area contributed by atoms with E-state index in [9.17, 15) is 10.1 Å². The van der Waals surface area contributed by atoms with E-state index in [0.29, 0.717) is 21.9 Å². The number of hydrogen-bond donors (Lipinski definition) is 0. The van der Waals surface area contributed by atoms with Crippen molar-refractivity contribution in [3.8, 4) is 11.8 Å². The van der Waals surface area contributed by atoms with Crippen molar-refractivity contribution in [1.29, 1.82) is 5.26 Å². The van der Waals surface area contributed by atoms with Crippen LogP contribution >= 0.6 is 12.2 Å². The molecule has 0 radical (unpaired) electrons. The molecule has 3 aliphatic rings. The standard InChI is InChI=1S/C30H37N5O2S/c1-21-18-23(20-32-26(21)19-31)34-27(36)30(12-5-13-30)35(28(34)38)22-6-8-24(9-7-22)37-25-10-15-33(16-11-25)17-14-29(2,3)4/h6-9,18,20,25H,5,10-17H2,1-4H3. The quantitative estimate of drug-likeness (QED) is 0.449. The van der Waals surface area contributed by atoms with Crippen LogP contribution in [0.5, 0.6) is 5.75 Å². The first kappa shape index (κ1) is 26.6. The maximum atomic E-state index is 13.7. The van der Waals surface area contributed by atoms with Crippen LogP contribution in [0.15, 0.2) is 36.5 Å². The minimum absolute atomic E-state index is 0.0156. The number of aromatic nitrogens is 1. The Morgan fingerprint density at radius 2 is 1.84 bits per heavy atom. The van der Waals surface area contributed by atoms with Crippen molar-refractivity contribution < 1.29 is 9.53 Å². The SMILES string of the molecule is Cc1cc(N2C(=O)C3(CCC3)N(c3ccc(OC4CCN(CCC(C)(C)C)CC4)cc3)C2=S)cnc1C#N. The highest BCUT2D eigenvalue weighted by Gasteiger charge is 2.59. The van der Waals surface area contributed by atoms with E-state index >= 15 is 0 Å². The maximum Gasteiger partial charge on any atom is 0.259 e. The first-order valence-electron chi connectivity index (χ1n) is 13.7. The lowest BCUT2D eigenvalue weighted by atomic mass is 9.75. The van der Waals surface area contributed by atoms with Gasteiger partial charge in [0.25, 0.3) is 5.91 Å². The van der Waals surface area contributed by atoms with E-state index in [-0.39, 0.29) is 12.0 Å². The number of rotatable bonds is 6. The topological polar surface area (TPSA) is 72.7 Å². The lowest BCUT2D eigenvalue weighted by Gasteiger charge is -2.43. The van der Waals surface area contributed by atoms with Crippen LogP contribution in [0.4, 0.5) is 11.4 Å². The average Bonchev–Trinajstić information content (AvgIpc) is 3.10. The van der Waals surface area contributed by atoms with Gasteiger partial charge < -0.3 is 14.5 Å². The molecule has 0 N–H and O–H groups in total. The second-order valence-electron chi connectivity index (χ2n) is 12.1. The van der Waals surface area contributed by atoms with Gasteiger partial charge in [0.15, 0.2) is 5.11 Å². The fourth-order valence-electron chi connectivity index (χ4n) is 5.62. The molecule has 1 saturated carbocycles. The number of thiocarbonyl (C=S) groups is 1. The van der Waals surface area contributed by atoms with Crippen LogP contribution in [0.3, 0.4) is 0 Å². The van der Waals surface area contributed by atoms with E-state index in [0.717, 1.165) is 68.7 Å². The molecule has 5 rings (SSSR count). The van der Waals surface area contributed by atoms with Gasteiger partial charge in [-0.1, -0.05) is 20.8 Å². The summed E-state index contributed by atoms with van der Waals surface area (Å²) >= 11 is 5.88. The van der Waals surface area contributed by atoms with Gasteiger partial charge in [-0.05, 0) is 106 Å². The fourth-order valence-corrected chi connectivity index (χ4v) is 6.09.